The van der Waals surface area contributed by atoms with E-state index in [9.17, 15) is 22.4 Å². The van der Waals surface area contributed by atoms with Crippen LogP contribution in [-0.4, -0.2) is 40.3 Å². The predicted octanol–water partition coefficient (Wildman–Crippen LogP) is 3.35. The zero-order chi connectivity index (χ0) is 25.3. The van der Waals surface area contributed by atoms with Gasteiger partial charge in [-0.05, 0) is 35.7 Å². The molecule has 0 radical (unpaired) electrons. The van der Waals surface area contributed by atoms with Gasteiger partial charge in [0.2, 0.25) is 15.9 Å². The number of urea groups is 1. The fraction of sp³-hybridized carbons (Fsp3) is 0.333. The summed E-state index contributed by atoms with van der Waals surface area (Å²) in [7, 11) is -2.13. The SMILES string of the molecule is COc1c(C#Cc2ccc(NS(C)(=O)=O)c(F)c2)cc(N2C(=O)CCNC2=O)cc1C(C)(C)C. The van der Waals surface area contributed by atoms with Gasteiger partial charge in [0.15, 0.2) is 0 Å². The summed E-state index contributed by atoms with van der Waals surface area (Å²) in [5.74, 6) is 5.17. The molecule has 2 N–H and O–H groups in total. The molecule has 0 aromatic heterocycles. The number of halogens is 1. The van der Waals surface area contributed by atoms with Crippen molar-refractivity contribution in [3.05, 3.63) is 52.8 Å². The van der Waals surface area contributed by atoms with Crippen molar-refractivity contribution < 1.29 is 27.1 Å². The minimum Gasteiger partial charge on any atom is -0.495 e. The Balaban J connectivity index is 2.11. The van der Waals surface area contributed by atoms with E-state index >= 15 is 0 Å². The number of carbonyl (C=O) groups is 2. The maximum Gasteiger partial charge on any atom is 0.328 e. The van der Waals surface area contributed by atoms with E-state index in [0.717, 1.165) is 22.8 Å². The molecule has 0 spiro atoms. The zero-order valence-electron chi connectivity index (χ0n) is 19.6. The maximum atomic E-state index is 14.4. The fourth-order valence-electron chi connectivity index (χ4n) is 3.47. The lowest BCUT2D eigenvalue weighted by molar-refractivity contribution is -0.118. The molecule has 3 rings (SSSR count). The molecular formula is C24H26FN3O5S. The van der Waals surface area contributed by atoms with Gasteiger partial charge in [0.25, 0.3) is 0 Å². The summed E-state index contributed by atoms with van der Waals surface area (Å²) in [6.45, 7) is 6.17. The molecule has 0 bridgehead atoms. The number of hydrogen-bond donors (Lipinski definition) is 2. The number of rotatable bonds is 4. The molecule has 1 heterocycles. The lowest BCUT2D eigenvalue weighted by Gasteiger charge is -2.29. The molecule has 2 aromatic rings. The van der Waals surface area contributed by atoms with Gasteiger partial charge in [-0.3, -0.25) is 9.52 Å². The van der Waals surface area contributed by atoms with Crippen molar-refractivity contribution in [3.8, 4) is 17.6 Å². The molecule has 3 amide bonds. The Bertz CT molecular complexity index is 1300. The summed E-state index contributed by atoms with van der Waals surface area (Å²) in [4.78, 5) is 26.0. The summed E-state index contributed by atoms with van der Waals surface area (Å²) in [6.07, 6.45) is 1.11. The van der Waals surface area contributed by atoms with Gasteiger partial charge in [-0.2, -0.15) is 0 Å². The van der Waals surface area contributed by atoms with Crippen molar-refractivity contribution in [1.82, 2.24) is 5.32 Å². The van der Waals surface area contributed by atoms with E-state index in [1.807, 2.05) is 20.8 Å². The number of nitrogens with one attached hydrogen (secondary N) is 2. The van der Waals surface area contributed by atoms with Gasteiger partial charge in [-0.15, -0.1) is 0 Å². The number of anilines is 2. The Morgan fingerprint density at radius 2 is 1.85 bits per heavy atom. The molecule has 0 unspecified atom stereocenters. The van der Waals surface area contributed by atoms with Crippen molar-refractivity contribution in [2.24, 2.45) is 0 Å². The van der Waals surface area contributed by atoms with Crippen LogP contribution in [-0.2, 0) is 20.2 Å². The second-order valence-corrected chi connectivity index (χ2v) is 10.6. The average molecular weight is 488 g/mol. The lowest BCUT2D eigenvalue weighted by atomic mass is 9.84. The number of hydrogen-bond acceptors (Lipinski definition) is 5. The van der Waals surface area contributed by atoms with Crippen LogP contribution in [0, 0.1) is 17.7 Å². The Kier molecular flexibility index (Phi) is 6.89. The largest absolute Gasteiger partial charge is 0.495 e. The van der Waals surface area contributed by atoms with Crippen molar-refractivity contribution >= 4 is 33.3 Å². The first-order valence-electron chi connectivity index (χ1n) is 10.4. The third-order valence-corrected chi connectivity index (χ3v) is 5.61. The Hall–Kier alpha value is -3.58. The fourth-order valence-corrected chi connectivity index (χ4v) is 4.03. The number of ether oxygens (including phenoxy) is 1. The van der Waals surface area contributed by atoms with Crippen LogP contribution in [0.2, 0.25) is 0 Å². The van der Waals surface area contributed by atoms with Gasteiger partial charge in [-0.25, -0.2) is 22.5 Å². The first-order chi connectivity index (χ1) is 15.8. The van der Waals surface area contributed by atoms with Crippen LogP contribution in [0.3, 0.4) is 0 Å². The van der Waals surface area contributed by atoms with Crippen molar-refractivity contribution in [2.75, 3.05) is 29.5 Å². The van der Waals surface area contributed by atoms with Gasteiger partial charge in [0, 0.05) is 24.1 Å². The van der Waals surface area contributed by atoms with Gasteiger partial charge < -0.3 is 10.1 Å². The van der Waals surface area contributed by atoms with E-state index in [2.05, 4.69) is 21.9 Å². The summed E-state index contributed by atoms with van der Waals surface area (Å²) in [5, 5.41) is 2.66. The van der Waals surface area contributed by atoms with E-state index in [0.29, 0.717) is 22.6 Å². The van der Waals surface area contributed by atoms with Crippen LogP contribution in [0.4, 0.5) is 20.6 Å². The van der Waals surface area contributed by atoms with E-state index in [4.69, 9.17) is 4.74 Å². The van der Waals surface area contributed by atoms with Crippen LogP contribution in [0.15, 0.2) is 30.3 Å². The Labute approximate surface area is 198 Å². The zero-order valence-corrected chi connectivity index (χ0v) is 20.4. The van der Waals surface area contributed by atoms with Gasteiger partial charge >= 0.3 is 6.03 Å². The molecule has 0 aliphatic carbocycles. The summed E-state index contributed by atoms with van der Waals surface area (Å²) >= 11 is 0. The van der Waals surface area contributed by atoms with Crippen LogP contribution in [0.1, 0.15) is 43.9 Å². The van der Waals surface area contributed by atoms with Crippen LogP contribution >= 0.6 is 0 Å². The van der Waals surface area contributed by atoms with Crippen LogP contribution in [0.5, 0.6) is 5.75 Å². The summed E-state index contributed by atoms with van der Waals surface area (Å²) in [5.41, 5.74) is 1.22. The van der Waals surface area contributed by atoms with Gasteiger partial charge in [0.05, 0.1) is 30.3 Å². The standard InChI is InChI=1S/C24H26FN3O5S/c1-24(2,3)18-14-17(28-21(29)10-11-26-23(28)30)13-16(22(18)33-4)8-6-15-7-9-20(19(25)12-15)27-34(5,31)32/h7,9,12-14,27H,10-11H2,1-5H3,(H,26,30). The molecular weight excluding hydrogens is 461 g/mol. The van der Waals surface area contributed by atoms with E-state index in [-0.39, 0.29) is 24.6 Å². The highest BCUT2D eigenvalue weighted by Crippen LogP contribution is 2.38. The lowest BCUT2D eigenvalue weighted by Crippen LogP contribution is -2.50. The highest BCUT2D eigenvalue weighted by molar-refractivity contribution is 7.92. The summed E-state index contributed by atoms with van der Waals surface area (Å²) < 4.78 is 44.8. The smallest absolute Gasteiger partial charge is 0.328 e. The molecule has 1 fully saturated rings. The summed E-state index contributed by atoms with van der Waals surface area (Å²) in [6, 6.07) is 6.68. The second-order valence-electron chi connectivity index (χ2n) is 8.85. The van der Waals surface area contributed by atoms with Crippen molar-refractivity contribution in [1.29, 1.82) is 0 Å². The number of sulfonamides is 1. The molecule has 0 atom stereocenters. The third-order valence-electron chi connectivity index (χ3n) is 5.02. The molecule has 2 aromatic carbocycles. The first-order valence-corrected chi connectivity index (χ1v) is 12.3. The van der Waals surface area contributed by atoms with Crippen molar-refractivity contribution in [2.45, 2.75) is 32.6 Å². The minimum absolute atomic E-state index is 0.177. The number of methoxy groups -OCH3 is 1. The highest BCUT2D eigenvalue weighted by atomic mass is 32.2. The maximum absolute atomic E-state index is 14.4. The molecule has 34 heavy (non-hydrogen) atoms. The number of amides is 3. The molecule has 0 saturated carbocycles. The molecule has 1 aliphatic rings. The number of carbonyl (C=O) groups excluding carboxylic acids is 2. The average Bonchev–Trinajstić information content (AvgIpc) is 2.72. The molecule has 8 nitrogen and oxygen atoms in total. The second kappa shape index (κ2) is 9.35. The quantitative estimate of drug-likeness (QED) is 0.644. The predicted molar refractivity (Wildman–Crippen MR) is 128 cm³/mol. The minimum atomic E-state index is -3.63. The van der Waals surface area contributed by atoms with Crippen LogP contribution in [0.25, 0.3) is 0 Å². The van der Waals surface area contributed by atoms with Crippen molar-refractivity contribution in [3.63, 3.8) is 0 Å². The normalized spacial score (nSPS) is 14.2. The van der Waals surface area contributed by atoms with E-state index in [1.165, 1.54) is 19.2 Å². The number of nitrogens with zero attached hydrogens (tertiary/aromatic N) is 1. The Morgan fingerprint density at radius 1 is 1.15 bits per heavy atom. The number of imide groups is 1. The molecule has 10 heteroatoms. The molecule has 1 aliphatic heterocycles. The Morgan fingerprint density at radius 3 is 2.41 bits per heavy atom. The first kappa shape index (κ1) is 25.1. The monoisotopic (exact) mass is 487 g/mol. The van der Waals surface area contributed by atoms with Gasteiger partial charge in [0.1, 0.15) is 11.6 Å². The third kappa shape index (κ3) is 5.66. The highest BCUT2D eigenvalue weighted by Gasteiger charge is 2.30. The van der Waals surface area contributed by atoms with Crippen LogP contribution < -0.4 is 19.7 Å². The van der Waals surface area contributed by atoms with E-state index in [1.54, 1.807) is 12.1 Å². The topological polar surface area (TPSA) is 105 Å². The molecule has 180 valence electrons. The molecule has 1 saturated heterocycles. The number of benzene rings is 2. The van der Waals surface area contributed by atoms with E-state index < -0.39 is 27.3 Å². The van der Waals surface area contributed by atoms with Gasteiger partial charge in [-0.1, -0.05) is 32.6 Å².